The summed E-state index contributed by atoms with van der Waals surface area (Å²) in [6.45, 7) is 4.27. The number of nitrogens with one attached hydrogen (secondary N) is 1. The predicted molar refractivity (Wildman–Crippen MR) is 85.9 cm³/mol. The van der Waals surface area contributed by atoms with Crippen LogP contribution in [0.5, 0.6) is 0 Å². The van der Waals surface area contributed by atoms with E-state index in [1.54, 1.807) is 23.9 Å². The lowest BCUT2D eigenvalue weighted by molar-refractivity contribution is -0.117. The van der Waals surface area contributed by atoms with Gasteiger partial charge in [-0.15, -0.1) is 0 Å². The topological polar surface area (TPSA) is 67.2 Å². The molecule has 2 rings (SSSR count). The maximum atomic E-state index is 12.9. The SMILES string of the molecule is CCn1nccc1/C=C/C(=O)NCC(C)(O)c1ccc(F)cc1. The average Bonchev–Trinajstić information content (AvgIpc) is 2.99. The lowest BCUT2D eigenvalue weighted by Gasteiger charge is -2.23. The zero-order valence-electron chi connectivity index (χ0n) is 13.2. The van der Waals surface area contributed by atoms with Crippen LogP contribution in [-0.2, 0) is 16.9 Å². The van der Waals surface area contributed by atoms with Crippen LogP contribution in [-0.4, -0.2) is 27.3 Å². The molecule has 0 aliphatic rings. The fourth-order valence-electron chi connectivity index (χ4n) is 2.14. The maximum absolute atomic E-state index is 12.9. The largest absolute Gasteiger partial charge is 0.384 e. The second-order valence-electron chi connectivity index (χ2n) is 5.40. The van der Waals surface area contributed by atoms with Crippen LogP contribution in [0.2, 0.25) is 0 Å². The van der Waals surface area contributed by atoms with Gasteiger partial charge in [-0.1, -0.05) is 12.1 Å². The highest BCUT2D eigenvalue weighted by Gasteiger charge is 2.23. The fraction of sp³-hybridized carbons (Fsp3) is 0.294. The molecule has 0 saturated carbocycles. The van der Waals surface area contributed by atoms with Gasteiger partial charge in [0, 0.05) is 18.8 Å². The molecule has 1 unspecified atom stereocenters. The Morgan fingerprint density at radius 2 is 2.09 bits per heavy atom. The van der Waals surface area contributed by atoms with Crippen LogP contribution >= 0.6 is 0 Å². The van der Waals surface area contributed by atoms with Crippen molar-refractivity contribution in [2.24, 2.45) is 0 Å². The molecule has 2 aromatic rings. The number of benzene rings is 1. The molecule has 0 radical (unpaired) electrons. The summed E-state index contributed by atoms with van der Waals surface area (Å²) in [4.78, 5) is 11.9. The first-order chi connectivity index (χ1) is 10.9. The first-order valence-electron chi connectivity index (χ1n) is 7.38. The number of hydrogen-bond acceptors (Lipinski definition) is 3. The molecule has 1 heterocycles. The minimum Gasteiger partial charge on any atom is -0.384 e. The van der Waals surface area contributed by atoms with E-state index < -0.39 is 5.60 Å². The van der Waals surface area contributed by atoms with Crippen molar-refractivity contribution in [2.75, 3.05) is 6.54 Å². The molecule has 1 aromatic carbocycles. The number of aromatic nitrogens is 2. The Balaban J connectivity index is 1.94. The number of aliphatic hydroxyl groups is 1. The van der Waals surface area contributed by atoms with E-state index in [4.69, 9.17) is 0 Å². The maximum Gasteiger partial charge on any atom is 0.244 e. The Morgan fingerprint density at radius 1 is 1.39 bits per heavy atom. The molecule has 5 nitrogen and oxygen atoms in total. The molecular formula is C17H20FN3O2. The quantitative estimate of drug-likeness (QED) is 0.802. The van der Waals surface area contributed by atoms with Crippen molar-refractivity contribution < 1.29 is 14.3 Å². The third-order valence-electron chi connectivity index (χ3n) is 3.53. The van der Waals surface area contributed by atoms with E-state index in [1.807, 2.05) is 13.0 Å². The van der Waals surface area contributed by atoms with E-state index in [0.29, 0.717) is 12.1 Å². The van der Waals surface area contributed by atoms with Gasteiger partial charge in [0.05, 0.1) is 12.2 Å². The summed E-state index contributed by atoms with van der Waals surface area (Å²) in [5, 5.41) is 17.1. The number of carbonyl (C=O) groups excluding carboxylic acids is 1. The van der Waals surface area contributed by atoms with Crippen LogP contribution in [0.4, 0.5) is 4.39 Å². The molecule has 122 valence electrons. The molecule has 1 aromatic heterocycles. The van der Waals surface area contributed by atoms with Gasteiger partial charge in [-0.3, -0.25) is 9.48 Å². The standard InChI is InChI=1S/C17H20FN3O2/c1-3-21-15(10-11-20-21)8-9-16(22)19-12-17(2,23)13-4-6-14(18)7-5-13/h4-11,23H,3,12H2,1-2H3,(H,19,22)/b9-8+. The Labute approximate surface area is 134 Å². The Morgan fingerprint density at radius 3 is 2.74 bits per heavy atom. The summed E-state index contributed by atoms with van der Waals surface area (Å²) < 4.78 is 14.7. The Hall–Kier alpha value is -2.47. The van der Waals surface area contributed by atoms with Crippen LogP contribution < -0.4 is 5.32 Å². The van der Waals surface area contributed by atoms with Gasteiger partial charge in [0.2, 0.25) is 5.91 Å². The van der Waals surface area contributed by atoms with Gasteiger partial charge in [0.25, 0.3) is 0 Å². The highest BCUT2D eigenvalue weighted by Crippen LogP contribution is 2.19. The number of nitrogens with zero attached hydrogens (tertiary/aromatic N) is 2. The normalized spacial score (nSPS) is 13.9. The van der Waals surface area contributed by atoms with Crippen LogP contribution in [0.3, 0.4) is 0 Å². The average molecular weight is 317 g/mol. The molecule has 6 heteroatoms. The number of aryl methyl sites for hydroxylation is 1. The predicted octanol–water partition coefficient (Wildman–Crippen LogP) is 2.08. The van der Waals surface area contributed by atoms with Gasteiger partial charge in [0.15, 0.2) is 0 Å². The van der Waals surface area contributed by atoms with E-state index in [0.717, 1.165) is 5.69 Å². The summed E-state index contributed by atoms with van der Waals surface area (Å²) in [6.07, 6.45) is 4.72. The van der Waals surface area contributed by atoms with Gasteiger partial charge in [-0.2, -0.15) is 5.10 Å². The molecule has 0 fully saturated rings. The fourth-order valence-corrected chi connectivity index (χ4v) is 2.14. The number of halogens is 1. The molecule has 0 saturated heterocycles. The molecule has 2 N–H and O–H groups in total. The second-order valence-corrected chi connectivity index (χ2v) is 5.40. The van der Waals surface area contributed by atoms with Gasteiger partial charge >= 0.3 is 0 Å². The van der Waals surface area contributed by atoms with Crippen molar-refractivity contribution in [2.45, 2.75) is 26.0 Å². The van der Waals surface area contributed by atoms with Crippen molar-refractivity contribution in [3.8, 4) is 0 Å². The first kappa shape index (κ1) is 16.9. The van der Waals surface area contributed by atoms with Crippen molar-refractivity contribution in [3.05, 3.63) is 59.7 Å². The van der Waals surface area contributed by atoms with Gasteiger partial charge in [0.1, 0.15) is 11.4 Å². The lowest BCUT2D eigenvalue weighted by atomic mass is 9.96. The van der Waals surface area contributed by atoms with Crippen LogP contribution in [0.1, 0.15) is 25.1 Å². The molecule has 23 heavy (non-hydrogen) atoms. The van der Waals surface area contributed by atoms with Gasteiger partial charge in [-0.25, -0.2) is 4.39 Å². The smallest absolute Gasteiger partial charge is 0.244 e. The second kappa shape index (κ2) is 7.19. The Bertz CT molecular complexity index is 690. The third-order valence-corrected chi connectivity index (χ3v) is 3.53. The van der Waals surface area contributed by atoms with Gasteiger partial charge in [-0.05, 0) is 43.7 Å². The first-order valence-corrected chi connectivity index (χ1v) is 7.38. The van der Waals surface area contributed by atoms with Crippen molar-refractivity contribution in [1.82, 2.24) is 15.1 Å². The van der Waals surface area contributed by atoms with E-state index in [9.17, 15) is 14.3 Å². The number of hydrogen-bond donors (Lipinski definition) is 2. The zero-order valence-corrected chi connectivity index (χ0v) is 13.2. The summed E-state index contributed by atoms with van der Waals surface area (Å²) in [7, 11) is 0. The molecule has 0 aliphatic heterocycles. The van der Waals surface area contributed by atoms with E-state index in [-0.39, 0.29) is 18.3 Å². The molecular weight excluding hydrogens is 297 g/mol. The summed E-state index contributed by atoms with van der Waals surface area (Å²) in [5.41, 5.74) is 0.0859. The van der Waals surface area contributed by atoms with E-state index >= 15 is 0 Å². The number of amides is 1. The molecule has 0 spiro atoms. The van der Waals surface area contributed by atoms with Gasteiger partial charge < -0.3 is 10.4 Å². The Kier molecular flexibility index (Phi) is 5.28. The summed E-state index contributed by atoms with van der Waals surface area (Å²) in [6, 6.07) is 7.35. The molecule has 1 amide bonds. The van der Waals surface area contributed by atoms with Crippen molar-refractivity contribution in [3.63, 3.8) is 0 Å². The highest BCUT2D eigenvalue weighted by molar-refractivity contribution is 5.91. The zero-order chi connectivity index (χ0) is 16.9. The van der Waals surface area contributed by atoms with Crippen LogP contribution in [0, 0.1) is 5.82 Å². The minimum absolute atomic E-state index is 0.0227. The summed E-state index contributed by atoms with van der Waals surface area (Å²) >= 11 is 0. The van der Waals surface area contributed by atoms with E-state index in [2.05, 4.69) is 10.4 Å². The monoisotopic (exact) mass is 317 g/mol. The van der Waals surface area contributed by atoms with E-state index in [1.165, 1.54) is 30.3 Å². The number of carbonyl (C=O) groups is 1. The molecule has 0 aliphatic carbocycles. The molecule has 0 bridgehead atoms. The summed E-state index contributed by atoms with van der Waals surface area (Å²) in [5.74, 6) is -0.694. The third kappa shape index (κ3) is 4.50. The van der Waals surface area contributed by atoms with Crippen LogP contribution in [0.25, 0.3) is 6.08 Å². The van der Waals surface area contributed by atoms with Crippen LogP contribution in [0.15, 0.2) is 42.6 Å². The number of rotatable bonds is 6. The van der Waals surface area contributed by atoms with Crippen molar-refractivity contribution >= 4 is 12.0 Å². The van der Waals surface area contributed by atoms with Crippen molar-refractivity contribution in [1.29, 1.82) is 0 Å². The minimum atomic E-state index is -1.28. The highest BCUT2D eigenvalue weighted by atomic mass is 19.1. The lowest BCUT2D eigenvalue weighted by Crippen LogP contribution is -2.37. The molecule has 1 atom stereocenters.